The first-order valence-corrected chi connectivity index (χ1v) is 10.4. The van der Waals surface area contributed by atoms with E-state index in [1.54, 1.807) is 36.4 Å². The second-order valence-electron chi connectivity index (χ2n) is 7.56. The molecule has 1 aliphatic rings. The number of hydrogen-bond acceptors (Lipinski definition) is 3. The van der Waals surface area contributed by atoms with Crippen LogP contribution in [0.15, 0.2) is 36.4 Å². The summed E-state index contributed by atoms with van der Waals surface area (Å²) < 4.78 is 80.9. The van der Waals surface area contributed by atoms with E-state index in [1.165, 1.54) is 14.2 Å². The monoisotopic (exact) mass is 497 g/mol. The SMILES string of the molecule is COc1cc2c(cc1OC)[C@H](c1cccc(Cl)c1)N(C(=O)c1c(F)c(F)c(F)c(F)c1F)CC2. The molecule has 3 aromatic carbocycles. The number of carbonyl (C=O) groups is 1. The highest BCUT2D eigenvalue weighted by Crippen LogP contribution is 2.42. The van der Waals surface area contributed by atoms with E-state index >= 15 is 0 Å². The van der Waals surface area contributed by atoms with Crippen molar-refractivity contribution in [2.75, 3.05) is 20.8 Å². The van der Waals surface area contributed by atoms with Gasteiger partial charge in [0.25, 0.3) is 5.91 Å². The normalized spacial score (nSPS) is 15.2. The Kier molecular flexibility index (Phi) is 6.40. The average molecular weight is 498 g/mol. The van der Waals surface area contributed by atoms with E-state index in [0.29, 0.717) is 27.6 Å². The van der Waals surface area contributed by atoms with Gasteiger partial charge in [-0.15, -0.1) is 0 Å². The lowest BCUT2D eigenvalue weighted by molar-refractivity contribution is 0.0680. The molecule has 0 aliphatic carbocycles. The van der Waals surface area contributed by atoms with Gasteiger partial charge in [-0.2, -0.15) is 0 Å². The molecule has 0 N–H and O–H groups in total. The summed E-state index contributed by atoms with van der Waals surface area (Å²) in [6.07, 6.45) is 0.230. The van der Waals surface area contributed by atoms with Gasteiger partial charge in [-0.05, 0) is 47.4 Å². The van der Waals surface area contributed by atoms with E-state index in [1.807, 2.05) is 0 Å². The van der Waals surface area contributed by atoms with Crippen LogP contribution in [0.25, 0.3) is 0 Å². The predicted molar refractivity (Wildman–Crippen MR) is 114 cm³/mol. The fraction of sp³-hybridized carbons (Fsp3) is 0.208. The molecule has 4 rings (SSSR count). The summed E-state index contributed by atoms with van der Waals surface area (Å²) >= 11 is 6.14. The molecule has 0 saturated carbocycles. The molecule has 178 valence electrons. The van der Waals surface area contributed by atoms with Crippen LogP contribution >= 0.6 is 11.6 Å². The van der Waals surface area contributed by atoms with Crippen LogP contribution in [0.3, 0.4) is 0 Å². The maximum absolute atomic E-state index is 14.5. The van der Waals surface area contributed by atoms with Gasteiger partial charge in [-0.3, -0.25) is 4.79 Å². The maximum Gasteiger partial charge on any atom is 0.260 e. The van der Waals surface area contributed by atoms with Crippen molar-refractivity contribution in [2.45, 2.75) is 12.5 Å². The number of halogens is 6. The Hall–Kier alpha value is -3.33. The smallest absolute Gasteiger partial charge is 0.260 e. The Labute approximate surface area is 196 Å². The van der Waals surface area contributed by atoms with Crippen LogP contribution in [0, 0.1) is 29.1 Å². The lowest BCUT2D eigenvalue weighted by Crippen LogP contribution is -2.41. The Morgan fingerprint density at radius 3 is 2.09 bits per heavy atom. The summed E-state index contributed by atoms with van der Waals surface area (Å²) in [4.78, 5) is 14.4. The van der Waals surface area contributed by atoms with Gasteiger partial charge in [0.1, 0.15) is 5.56 Å². The van der Waals surface area contributed by atoms with E-state index in [2.05, 4.69) is 0 Å². The highest BCUT2D eigenvalue weighted by Gasteiger charge is 2.38. The van der Waals surface area contributed by atoms with Gasteiger partial charge in [0.2, 0.25) is 5.82 Å². The second kappa shape index (κ2) is 9.13. The Morgan fingerprint density at radius 1 is 0.912 bits per heavy atom. The molecule has 0 saturated heterocycles. The summed E-state index contributed by atoms with van der Waals surface area (Å²) in [6, 6.07) is 8.78. The predicted octanol–water partition coefficient (Wildman–Crippen LogP) is 5.84. The van der Waals surface area contributed by atoms with Crippen molar-refractivity contribution in [3.05, 3.63) is 92.8 Å². The van der Waals surface area contributed by atoms with E-state index in [4.69, 9.17) is 21.1 Å². The lowest BCUT2D eigenvalue weighted by atomic mass is 9.87. The molecule has 3 aromatic rings. The summed E-state index contributed by atoms with van der Waals surface area (Å²) in [6.45, 7) is -0.0714. The molecule has 0 bridgehead atoms. The van der Waals surface area contributed by atoms with Crippen LogP contribution < -0.4 is 9.47 Å². The first kappa shape index (κ1) is 23.8. The zero-order valence-corrected chi connectivity index (χ0v) is 18.7. The first-order valence-electron chi connectivity index (χ1n) is 10.0. The van der Waals surface area contributed by atoms with Crippen LogP contribution in [0.5, 0.6) is 11.5 Å². The zero-order chi connectivity index (χ0) is 24.7. The molecule has 1 amide bonds. The van der Waals surface area contributed by atoms with Crippen LogP contribution in [0.1, 0.15) is 33.1 Å². The molecule has 1 heterocycles. The minimum absolute atomic E-state index is 0.0714. The third-order valence-corrected chi connectivity index (χ3v) is 5.96. The minimum Gasteiger partial charge on any atom is -0.493 e. The molecule has 4 nitrogen and oxygen atoms in total. The molecular formula is C24H17ClF5NO3. The van der Waals surface area contributed by atoms with E-state index in [-0.39, 0.29) is 13.0 Å². The summed E-state index contributed by atoms with van der Waals surface area (Å²) in [5.74, 6) is -11.7. The van der Waals surface area contributed by atoms with Crippen molar-refractivity contribution >= 4 is 17.5 Å². The van der Waals surface area contributed by atoms with Crippen molar-refractivity contribution in [3.63, 3.8) is 0 Å². The van der Waals surface area contributed by atoms with E-state index in [9.17, 15) is 26.7 Å². The first-order chi connectivity index (χ1) is 16.2. The number of methoxy groups -OCH3 is 2. The van der Waals surface area contributed by atoms with E-state index in [0.717, 1.165) is 10.5 Å². The van der Waals surface area contributed by atoms with Gasteiger partial charge in [0.05, 0.1) is 20.3 Å². The molecule has 0 aromatic heterocycles. The lowest BCUT2D eigenvalue weighted by Gasteiger charge is -2.38. The summed E-state index contributed by atoms with van der Waals surface area (Å²) in [5.41, 5.74) is 0.234. The number of carbonyl (C=O) groups excluding carboxylic acids is 1. The molecule has 0 unspecified atom stereocenters. The number of ether oxygens (including phenoxy) is 2. The third-order valence-electron chi connectivity index (χ3n) is 5.72. The van der Waals surface area contributed by atoms with Crippen LogP contribution in [-0.4, -0.2) is 31.6 Å². The fourth-order valence-corrected chi connectivity index (χ4v) is 4.34. The van der Waals surface area contributed by atoms with Gasteiger partial charge in [0.15, 0.2) is 34.8 Å². The van der Waals surface area contributed by atoms with Crippen molar-refractivity contribution in [3.8, 4) is 11.5 Å². The van der Waals surface area contributed by atoms with Crippen molar-refractivity contribution < 1.29 is 36.2 Å². The highest BCUT2D eigenvalue weighted by atomic mass is 35.5. The average Bonchev–Trinajstić information content (AvgIpc) is 2.84. The number of benzene rings is 3. The molecule has 0 spiro atoms. The third kappa shape index (κ3) is 3.83. The number of hydrogen-bond donors (Lipinski definition) is 0. The zero-order valence-electron chi connectivity index (χ0n) is 17.9. The molecule has 34 heavy (non-hydrogen) atoms. The maximum atomic E-state index is 14.5. The molecule has 0 radical (unpaired) electrons. The molecule has 0 fully saturated rings. The fourth-order valence-electron chi connectivity index (χ4n) is 4.14. The Balaban J connectivity index is 1.93. The summed E-state index contributed by atoms with van der Waals surface area (Å²) in [5, 5.41) is 0.328. The number of fused-ring (bicyclic) bond motifs is 1. The number of amides is 1. The van der Waals surface area contributed by atoms with E-state index < -0.39 is 46.6 Å². The topological polar surface area (TPSA) is 38.8 Å². The minimum atomic E-state index is -2.33. The number of rotatable bonds is 4. The van der Waals surface area contributed by atoms with Crippen LogP contribution in [0.2, 0.25) is 5.02 Å². The summed E-state index contributed by atoms with van der Waals surface area (Å²) in [7, 11) is 2.87. The van der Waals surface area contributed by atoms with Gasteiger partial charge < -0.3 is 14.4 Å². The second-order valence-corrected chi connectivity index (χ2v) is 7.99. The Morgan fingerprint density at radius 2 is 1.50 bits per heavy atom. The van der Waals surface area contributed by atoms with Crippen molar-refractivity contribution in [1.82, 2.24) is 4.90 Å². The molecular weight excluding hydrogens is 481 g/mol. The van der Waals surface area contributed by atoms with Crippen molar-refractivity contribution in [2.24, 2.45) is 0 Å². The van der Waals surface area contributed by atoms with Crippen LogP contribution in [0.4, 0.5) is 22.0 Å². The molecule has 1 aliphatic heterocycles. The van der Waals surface area contributed by atoms with Gasteiger partial charge in [-0.25, -0.2) is 22.0 Å². The van der Waals surface area contributed by atoms with Gasteiger partial charge in [0, 0.05) is 11.6 Å². The highest BCUT2D eigenvalue weighted by molar-refractivity contribution is 6.30. The quantitative estimate of drug-likeness (QED) is 0.258. The van der Waals surface area contributed by atoms with Gasteiger partial charge >= 0.3 is 0 Å². The largest absolute Gasteiger partial charge is 0.493 e. The number of nitrogens with zero attached hydrogens (tertiary/aromatic N) is 1. The standard InChI is InChI=1S/C24H17ClF5NO3/c1-33-15-9-11-6-7-31(24(32)17-18(26)20(28)22(30)21(29)19(17)27)23(14(11)10-16(15)34-2)12-4-3-5-13(25)8-12/h3-5,8-10,23H,6-7H2,1-2H3/t23-/m0/s1. The van der Waals surface area contributed by atoms with Crippen LogP contribution in [-0.2, 0) is 6.42 Å². The molecule has 10 heteroatoms. The van der Waals surface area contributed by atoms with Crippen molar-refractivity contribution in [1.29, 1.82) is 0 Å². The van der Waals surface area contributed by atoms with Gasteiger partial charge in [-0.1, -0.05) is 23.7 Å². The molecule has 1 atom stereocenters. The Bertz CT molecular complexity index is 1270.